The van der Waals surface area contributed by atoms with Crippen molar-refractivity contribution in [2.75, 3.05) is 0 Å². The van der Waals surface area contributed by atoms with Gasteiger partial charge >= 0.3 is 0 Å². The maximum absolute atomic E-state index is 13.2. The number of nitrogens with two attached hydrogens (primary N) is 1. The van der Waals surface area contributed by atoms with Gasteiger partial charge in [-0.05, 0) is 31.3 Å². The lowest BCUT2D eigenvalue weighted by molar-refractivity contribution is 0.581. The summed E-state index contributed by atoms with van der Waals surface area (Å²) in [5.41, 5.74) is 7.99. The van der Waals surface area contributed by atoms with E-state index in [2.05, 4.69) is 22.7 Å². The second kappa shape index (κ2) is 4.79. The molecule has 0 unspecified atom stereocenters. The van der Waals surface area contributed by atoms with E-state index in [0.717, 1.165) is 12.1 Å². The van der Waals surface area contributed by atoms with Gasteiger partial charge in [0.25, 0.3) is 0 Å². The van der Waals surface area contributed by atoms with Crippen LogP contribution in [0, 0.1) is 11.6 Å². The molecule has 80 valence electrons. The van der Waals surface area contributed by atoms with Crippen molar-refractivity contribution < 1.29 is 8.78 Å². The normalized spacial score (nSPS) is 11.3. The quantitative estimate of drug-likeness (QED) is 0.459. The molecule has 3 nitrogen and oxygen atoms in total. The van der Waals surface area contributed by atoms with E-state index in [9.17, 15) is 8.78 Å². The molecule has 1 aromatic rings. The van der Waals surface area contributed by atoms with Crippen LogP contribution < -0.4 is 11.2 Å². The lowest BCUT2D eigenvalue weighted by atomic mass is 10.1. The number of hydrogen-bond donors (Lipinski definition) is 2. The number of benzene rings is 1. The summed E-state index contributed by atoms with van der Waals surface area (Å²) in [6, 6.07) is 3.23. The smallest absolute Gasteiger partial charge is 0.184 e. The molecule has 0 saturated heterocycles. The van der Waals surface area contributed by atoms with Crippen molar-refractivity contribution in [2.24, 2.45) is 10.8 Å². The zero-order valence-corrected chi connectivity index (χ0v) is 8.74. The van der Waals surface area contributed by atoms with E-state index in [1.54, 1.807) is 6.92 Å². The molecule has 0 aliphatic carbocycles. The van der Waals surface area contributed by atoms with Crippen LogP contribution in [-0.4, -0.2) is 10.8 Å². The number of nitrogens with zero attached hydrogens (tertiary/aromatic N) is 1. The molecule has 0 radical (unpaired) electrons. The standard InChI is InChI=1S/C9H9F2N3S/c1-5(13-14-9(12)15)7-3-2-6(10)4-8(7)11/h2-4H,1H3,(H3,12,14,15). The average Bonchev–Trinajstić information content (AvgIpc) is 2.14. The number of halogens is 2. The van der Waals surface area contributed by atoms with E-state index in [-0.39, 0.29) is 10.7 Å². The van der Waals surface area contributed by atoms with Gasteiger partial charge < -0.3 is 5.73 Å². The van der Waals surface area contributed by atoms with Crippen molar-refractivity contribution in [3.63, 3.8) is 0 Å². The van der Waals surface area contributed by atoms with E-state index in [1.807, 2.05) is 0 Å². The van der Waals surface area contributed by atoms with Crippen molar-refractivity contribution >= 4 is 23.0 Å². The molecule has 3 N–H and O–H groups in total. The summed E-state index contributed by atoms with van der Waals surface area (Å²) < 4.78 is 25.8. The van der Waals surface area contributed by atoms with Gasteiger partial charge in [-0.3, -0.25) is 5.43 Å². The molecule has 0 spiro atoms. The zero-order valence-electron chi connectivity index (χ0n) is 7.92. The van der Waals surface area contributed by atoms with Crippen LogP contribution >= 0.6 is 12.2 Å². The van der Waals surface area contributed by atoms with E-state index in [4.69, 9.17) is 5.73 Å². The lowest BCUT2D eigenvalue weighted by Gasteiger charge is -2.03. The summed E-state index contributed by atoms with van der Waals surface area (Å²) in [6.07, 6.45) is 0. The largest absolute Gasteiger partial charge is 0.375 e. The number of nitrogens with one attached hydrogen (secondary N) is 1. The van der Waals surface area contributed by atoms with Gasteiger partial charge in [0.05, 0.1) is 5.71 Å². The van der Waals surface area contributed by atoms with Gasteiger partial charge in [0.2, 0.25) is 0 Å². The van der Waals surface area contributed by atoms with Crippen molar-refractivity contribution in [3.8, 4) is 0 Å². The van der Waals surface area contributed by atoms with Gasteiger partial charge in [0.15, 0.2) is 5.11 Å². The predicted octanol–water partition coefficient (Wildman–Crippen LogP) is 1.52. The minimum Gasteiger partial charge on any atom is -0.375 e. The van der Waals surface area contributed by atoms with Crippen LogP contribution in [-0.2, 0) is 0 Å². The Hall–Kier alpha value is -1.56. The number of thiocarbonyl (C=S) groups is 1. The van der Waals surface area contributed by atoms with Crippen LogP contribution in [0.1, 0.15) is 12.5 Å². The molecule has 0 saturated carbocycles. The third kappa shape index (κ3) is 3.25. The Morgan fingerprint density at radius 3 is 2.67 bits per heavy atom. The van der Waals surface area contributed by atoms with Crippen LogP contribution in [0.2, 0.25) is 0 Å². The van der Waals surface area contributed by atoms with Gasteiger partial charge in [-0.2, -0.15) is 5.10 Å². The predicted molar refractivity (Wildman–Crippen MR) is 58.5 cm³/mol. The molecule has 1 aromatic carbocycles. The summed E-state index contributed by atoms with van der Waals surface area (Å²) in [5, 5.41) is 3.71. The number of rotatable bonds is 2. The Morgan fingerprint density at radius 1 is 1.47 bits per heavy atom. The highest BCUT2D eigenvalue weighted by molar-refractivity contribution is 7.80. The van der Waals surface area contributed by atoms with E-state index < -0.39 is 11.6 Å². The molecule has 0 aliphatic heterocycles. The maximum Gasteiger partial charge on any atom is 0.184 e. The molecular weight excluding hydrogens is 220 g/mol. The Kier molecular flexibility index (Phi) is 3.68. The highest BCUT2D eigenvalue weighted by Crippen LogP contribution is 2.10. The van der Waals surface area contributed by atoms with E-state index >= 15 is 0 Å². The maximum atomic E-state index is 13.2. The van der Waals surface area contributed by atoms with Gasteiger partial charge in [-0.1, -0.05) is 0 Å². The van der Waals surface area contributed by atoms with Gasteiger partial charge in [0, 0.05) is 11.6 Å². The number of hydrogen-bond acceptors (Lipinski definition) is 2. The Bertz CT molecular complexity index is 418. The van der Waals surface area contributed by atoms with Gasteiger partial charge in [-0.25, -0.2) is 8.78 Å². The first kappa shape index (κ1) is 11.5. The topological polar surface area (TPSA) is 50.4 Å². The second-order valence-corrected chi connectivity index (χ2v) is 3.24. The van der Waals surface area contributed by atoms with Crippen molar-refractivity contribution in [3.05, 3.63) is 35.4 Å². The SMILES string of the molecule is CC(=NNC(N)=S)c1ccc(F)cc1F. The third-order valence-electron chi connectivity index (χ3n) is 1.65. The summed E-state index contributed by atoms with van der Waals surface area (Å²) in [4.78, 5) is 0. The molecule has 0 aromatic heterocycles. The summed E-state index contributed by atoms with van der Waals surface area (Å²) >= 11 is 4.52. The molecule has 0 amide bonds. The molecule has 0 aliphatic rings. The molecule has 0 atom stereocenters. The van der Waals surface area contributed by atoms with Crippen molar-refractivity contribution in [2.45, 2.75) is 6.92 Å². The molecule has 6 heteroatoms. The van der Waals surface area contributed by atoms with E-state index in [1.165, 1.54) is 6.07 Å². The Morgan fingerprint density at radius 2 is 2.13 bits per heavy atom. The van der Waals surface area contributed by atoms with Gasteiger partial charge in [0.1, 0.15) is 11.6 Å². The summed E-state index contributed by atoms with van der Waals surface area (Å²) in [6.45, 7) is 1.56. The monoisotopic (exact) mass is 229 g/mol. The van der Waals surface area contributed by atoms with Crippen LogP contribution in [0.3, 0.4) is 0 Å². The highest BCUT2D eigenvalue weighted by atomic mass is 32.1. The minimum atomic E-state index is -0.680. The lowest BCUT2D eigenvalue weighted by Crippen LogP contribution is -2.25. The average molecular weight is 229 g/mol. The van der Waals surface area contributed by atoms with Crippen LogP contribution in [0.25, 0.3) is 0 Å². The van der Waals surface area contributed by atoms with Crippen LogP contribution in [0.15, 0.2) is 23.3 Å². The molecule has 0 fully saturated rings. The molecule has 15 heavy (non-hydrogen) atoms. The Balaban J connectivity index is 2.95. The van der Waals surface area contributed by atoms with Crippen molar-refractivity contribution in [1.29, 1.82) is 0 Å². The highest BCUT2D eigenvalue weighted by Gasteiger charge is 2.06. The van der Waals surface area contributed by atoms with Gasteiger partial charge in [-0.15, -0.1) is 0 Å². The molecule has 0 heterocycles. The molecule has 0 bridgehead atoms. The van der Waals surface area contributed by atoms with Crippen molar-refractivity contribution in [1.82, 2.24) is 5.43 Å². The Labute approximate surface area is 91.0 Å². The fourth-order valence-electron chi connectivity index (χ4n) is 0.982. The first-order valence-electron chi connectivity index (χ1n) is 4.06. The van der Waals surface area contributed by atoms with E-state index in [0.29, 0.717) is 5.71 Å². The fraction of sp³-hybridized carbons (Fsp3) is 0.111. The molecule has 1 rings (SSSR count). The first-order chi connectivity index (χ1) is 7.00. The molecular formula is C9H9F2N3S. The van der Waals surface area contributed by atoms with Crippen LogP contribution in [0.5, 0.6) is 0 Å². The zero-order chi connectivity index (χ0) is 11.4. The van der Waals surface area contributed by atoms with Crippen LogP contribution in [0.4, 0.5) is 8.78 Å². The number of hydrazone groups is 1. The third-order valence-corrected chi connectivity index (χ3v) is 1.75. The first-order valence-corrected chi connectivity index (χ1v) is 4.46. The fourth-order valence-corrected chi connectivity index (χ4v) is 1.03. The summed E-state index contributed by atoms with van der Waals surface area (Å²) in [7, 11) is 0. The second-order valence-electron chi connectivity index (χ2n) is 2.80. The minimum absolute atomic E-state index is 0.0168. The summed E-state index contributed by atoms with van der Waals surface area (Å²) in [5.74, 6) is -1.31.